The van der Waals surface area contributed by atoms with Crippen LogP contribution in [0.15, 0.2) is 30.6 Å². The molecule has 1 atom stereocenters. The molecule has 0 spiro atoms. The highest BCUT2D eigenvalue weighted by Crippen LogP contribution is 2.28. The molecule has 0 radical (unpaired) electrons. The summed E-state index contributed by atoms with van der Waals surface area (Å²) in [6.45, 7) is 4.98. The topological polar surface area (TPSA) is 74.5 Å². The second-order valence-corrected chi connectivity index (χ2v) is 7.69. The van der Waals surface area contributed by atoms with E-state index >= 15 is 0 Å². The molecule has 3 aromatic heterocycles. The molecule has 0 amide bonds. The zero-order chi connectivity index (χ0) is 19.9. The van der Waals surface area contributed by atoms with Gasteiger partial charge in [0, 0.05) is 24.8 Å². The maximum absolute atomic E-state index is 14.6. The molecule has 0 bridgehead atoms. The van der Waals surface area contributed by atoms with Crippen LogP contribution in [0.2, 0.25) is 0 Å². The zero-order valence-electron chi connectivity index (χ0n) is 15.8. The van der Waals surface area contributed by atoms with Gasteiger partial charge in [-0.25, -0.2) is 18.7 Å². The van der Waals surface area contributed by atoms with Gasteiger partial charge in [0.1, 0.15) is 11.3 Å². The predicted molar refractivity (Wildman–Crippen MR) is 103 cm³/mol. The summed E-state index contributed by atoms with van der Waals surface area (Å²) in [6.07, 6.45) is 5.07. The summed E-state index contributed by atoms with van der Waals surface area (Å²) in [5.74, 6) is -1.46. The first-order valence-corrected chi connectivity index (χ1v) is 9.36. The Morgan fingerprint density at radius 1 is 1.29 bits per heavy atom. The highest BCUT2D eigenvalue weighted by atomic mass is 19.1. The van der Waals surface area contributed by atoms with E-state index in [0.717, 1.165) is 25.5 Å². The lowest BCUT2D eigenvalue weighted by molar-refractivity contribution is 0.0781. The highest BCUT2D eigenvalue weighted by Gasteiger charge is 2.22. The molecule has 1 unspecified atom stereocenters. The van der Waals surface area contributed by atoms with Gasteiger partial charge in [0.2, 0.25) is 0 Å². The number of hydrogen-bond donors (Lipinski definition) is 3. The fourth-order valence-electron chi connectivity index (χ4n) is 3.43. The van der Waals surface area contributed by atoms with Gasteiger partial charge in [0.15, 0.2) is 17.5 Å². The lowest BCUT2D eigenvalue weighted by Crippen LogP contribution is -2.38. The van der Waals surface area contributed by atoms with Crippen LogP contribution in [0.5, 0.6) is 0 Å². The lowest BCUT2D eigenvalue weighted by Gasteiger charge is -2.24. The monoisotopic (exact) mass is 387 g/mol. The van der Waals surface area contributed by atoms with Crippen molar-refractivity contribution in [1.29, 1.82) is 0 Å². The van der Waals surface area contributed by atoms with E-state index in [-0.39, 0.29) is 17.6 Å². The van der Waals surface area contributed by atoms with Gasteiger partial charge in [-0.15, -0.1) is 0 Å². The molecule has 1 fully saturated rings. The molecule has 1 aliphatic heterocycles. The molecule has 0 aromatic carbocycles. The second kappa shape index (κ2) is 7.10. The Hall–Kier alpha value is -2.58. The van der Waals surface area contributed by atoms with Crippen molar-refractivity contribution in [2.24, 2.45) is 0 Å². The molecule has 4 heterocycles. The Morgan fingerprint density at radius 2 is 2.11 bits per heavy atom. The summed E-state index contributed by atoms with van der Waals surface area (Å²) in [5, 5.41) is 16.6. The average Bonchev–Trinajstić information content (AvgIpc) is 3.07. The Bertz CT molecular complexity index is 1010. The van der Waals surface area contributed by atoms with Crippen LogP contribution in [0.3, 0.4) is 0 Å². The third-order valence-electron chi connectivity index (χ3n) is 5.02. The van der Waals surface area contributed by atoms with E-state index in [1.54, 1.807) is 36.6 Å². The van der Waals surface area contributed by atoms with Crippen LogP contribution in [0.1, 0.15) is 32.3 Å². The quantitative estimate of drug-likeness (QED) is 0.642. The number of fused-ring (bicyclic) bond motifs is 1. The number of piperidine rings is 1. The number of imidazole rings is 1. The van der Waals surface area contributed by atoms with Gasteiger partial charge in [-0.05, 0) is 44.9 Å². The van der Waals surface area contributed by atoms with Crippen LogP contribution in [-0.2, 0) is 5.60 Å². The van der Waals surface area contributed by atoms with Crippen LogP contribution in [0, 0.1) is 11.6 Å². The highest BCUT2D eigenvalue weighted by molar-refractivity contribution is 5.63. The molecular weight excluding hydrogens is 364 g/mol. The average molecular weight is 387 g/mol. The lowest BCUT2D eigenvalue weighted by atomic mass is 10.0. The van der Waals surface area contributed by atoms with Crippen LogP contribution < -0.4 is 10.6 Å². The fourth-order valence-corrected chi connectivity index (χ4v) is 3.43. The third kappa shape index (κ3) is 3.57. The molecule has 148 valence electrons. The van der Waals surface area contributed by atoms with Crippen LogP contribution in [-0.4, -0.2) is 38.6 Å². The largest absolute Gasteiger partial charge is 0.386 e. The molecule has 1 aliphatic rings. The first-order valence-electron chi connectivity index (χ1n) is 9.36. The fraction of sp³-hybridized carbons (Fsp3) is 0.400. The molecular formula is C20H23F2N5O. The Labute approximate surface area is 161 Å². The Balaban J connectivity index is 1.77. The van der Waals surface area contributed by atoms with E-state index in [2.05, 4.69) is 20.6 Å². The Kier molecular flexibility index (Phi) is 4.76. The number of anilines is 1. The molecule has 3 N–H and O–H groups in total. The van der Waals surface area contributed by atoms with Crippen molar-refractivity contribution < 1.29 is 13.9 Å². The predicted octanol–water partition coefficient (Wildman–Crippen LogP) is 3.07. The van der Waals surface area contributed by atoms with Gasteiger partial charge < -0.3 is 15.7 Å². The maximum Gasteiger partial charge on any atom is 0.168 e. The minimum Gasteiger partial charge on any atom is -0.386 e. The summed E-state index contributed by atoms with van der Waals surface area (Å²) in [7, 11) is 0. The van der Waals surface area contributed by atoms with Gasteiger partial charge in [-0.1, -0.05) is 6.07 Å². The number of halogens is 2. The summed E-state index contributed by atoms with van der Waals surface area (Å²) in [4.78, 5) is 8.52. The first kappa shape index (κ1) is 18.8. The van der Waals surface area contributed by atoms with Crippen LogP contribution in [0.4, 0.5) is 14.6 Å². The normalized spacial score (nSPS) is 17.8. The molecule has 0 aliphatic carbocycles. The van der Waals surface area contributed by atoms with E-state index in [0.29, 0.717) is 23.4 Å². The number of aliphatic hydroxyl groups is 1. The smallest absolute Gasteiger partial charge is 0.168 e. The van der Waals surface area contributed by atoms with Gasteiger partial charge in [-0.2, -0.15) is 0 Å². The number of rotatable bonds is 4. The number of hydrogen-bond acceptors (Lipinski definition) is 5. The zero-order valence-corrected chi connectivity index (χ0v) is 15.8. The van der Waals surface area contributed by atoms with Gasteiger partial charge in [0.05, 0.1) is 17.5 Å². The van der Waals surface area contributed by atoms with Crippen molar-refractivity contribution in [3.63, 3.8) is 0 Å². The van der Waals surface area contributed by atoms with E-state index in [1.165, 1.54) is 6.20 Å². The molecule has 3 aromatic rings. The molecule has 1 saturated heterocycles. The van der Waals surface area contributed by atoms with Crippen molar-refractivity contribution in [3.8, 4) is 11.4 Å². The van der Waals surface area contributed by atoms with Crippen LogP contribution >= 0.6 is 0 Å². The van der Waals surface area contributed by atoms with Crippen molar-refractivity contribution in [2.45, 2.75) is 38.3 Å². The van der Waals surface area contributed by atoms with Crippen molar-refractivity contribution in [1.82, 2.24) is 19.7 Å². The van der Waals surface area contributed by atoms with Crippen molar-refractivity contribution in [3.05, 3.63) is 47.8 Å². The molecule has 28 heavy (non-hydrogen) atoms. The summed E-state index contributed by atoms with van der Waals surface area (Å²) in [6, 6.07) is 4.40. The van der Waals surface area contributed by atoms with Crippen LogP contribution in [0.25, 0.3) is 17.0 Å². The number of pyridine rings is 2. The molecule has 0 saturated carbocycles. The van der Waals surface area contributed by atoms with Crippen molar-refractivity contribution in [2.75, 3.05) is 18.4 Å². The Morgan fingerprint density at radius 3 is 2.82 bits per heavy atom. The third-order valence-corrected chi connectivity index (χ3v) is 5.02. The van der Waals surface area contributed by atoms with Gasteiger partial charge >= 0.3 is 0 Å². The second-order valence-electron chi connectivity index (χ2n) is 7.69. The van der Waals surface area contributed by atoms with Crippen molar-refractivity contribution >= 4 is 11.5 Å². The molecule has 4 rings (SSSR count). The van der Waals surface area contributed by atoms with E-state index < -0.39 is 17.2 Å². The van der Waals surface area contributed by atoms with Gasteiger partial charge in [0.25, 0.3) is 0 Å². The molecule has 8 heteroatoms. The summed E-state index contributed by atoms with van der Waals surface area (Å²) >= 11 is 0. The number of aromatic nitrogens is 3. The molecule has 6 nitrogen and oxygen atoms in total. The van der Waals surface area contributed by atoms with E-state index in [9.17, 15) is 13.9 Å². The van der Waals surface area contributed by atoms with E-state index in [1.807, 2.05) is 0 Å². The standard InChI is InChI=1S/C20H23F2N5O/c1-20(2,28)12-5-6-17-24-10-16(27(17)11-12)18-14(21)8-15(22)19(26-18)25-13-4-3-7-23-9-13/h5-6,8,10-11,13,23,28H,3-4,7,9H2,1-2H3,(H,25,26). The minimum absolute atomic E-state index is 0.00747. The number of nitrogens with one attached hydrogen (secondary N) is 2. The summed E-state index contributed by atoms with van der Waals surface area (Å²) in [5.41, 5.74) is 0.565. The van der Waals surface area contributed by atoms with E-state index in [4.69, 9.17) is 0 Å². The maximum atomic E-state index is 14.6. The first-order chi connectivity index (χ1) is 13.3. The SMILES string of the molecule is CC(C)(O)c1ccc2ncc(-c3nc(NC4CCCNC4)c(F)cc3F)n2c1. The minimum atomic E-state index is -1.06. The number of nitrogens with zero attached hydrogens (tertiary/aromatic N) is 3. The summed E-state index contributed by atoms with van der Waals surface area (Å²) < 4.78 is 30.6. The van der Waals surface area contributed by atoms with Gasteiger partial charge in [-0.3, -0.25) is 4.40 Å².